The second-order valence-corrected chi connectivity index (χ2v) is 6.73. The van der Waals surface area contributed by atoms with E-state index in [1.807, 2.05) is 55.5 Å². The van der Waals surface area contributed by atoms with E-state index in [9.17, 15) is 0 Å². The molecule has 1 aliphatic rings. The number of ether oxygens (including phenoxy) is 2. The number of imidazole rings is 1. The molecule has 0 radical (unpaired) electrons. The van der Waals surface area contributed by atoms with Gasteiger partial charge in [0.05, 0.1) is 28.7 Å². The van der Waals surface area contributed by atoms with Crippen LogP contribution in [0.4, 0.5) is 0 Å². The van der Waals surface area contributed by atoms with E-state index >= 15 is 0 Å². The summed E-state index contributed by atoms with van der Waals surface area (Å²) in [6.45, 7) is 2.18. The number of hydrogen-bond acceptors (Lipinski definition) is 5. The molecule has 4 aromatic rings. The van der Waals surface area contributed by atoms with Gasteiger partial charge in [0, 0.05) is 16.8 Å². The van der Waals surface area contributed by atoms with Crippen LogP contribution < -0.4 is 9.47 Å². The molecule has 0 fully saturated rings. The molecule has 0 saturated heterocycles. The van der Waals surface area contributed by atoms with Gasteiger partial charge in [0.25, 0.3) is 0 Å². The van der Waals surface area contributed by atoms with Gasteiger partial charge in [-0.3, -0.25) is 4.98 Å². The molecule has 5 rings (SSSR count). The van der Waals surface area contributed by atoms with E-state index in [1.165, 1.54) is 0 Å². The summed E-state index contributed by atoms with van der Waals surface area (Å²) in [6, 6.07) is 21.1. The standard InChI is InChI=1S/C23H16N4O2/c1-14-3-2-4-18(25-14)22-21(17-9-10-19-20(11-17)29-13-28-19)26-23(27-22)16-7-5-15(12-24)6-8-16/h2-11H,13H2,1H3,(H,26,27). The molecule has 0 spiro atoms. The monoisotopic (exact) mass is 380 g/mol. The average molecular weight is 380 g/mol. The van der Waals surface area contributed by atoms with E-state index < -0.39 is 0 Å². The summed E-state index contributed by atoms with van der Waals surface area (Å²) in [4.78, 5) is 12.9. The number of hydrogen-bond donors (Lipinski definition) is 1. The van der Waals surface area contributed by atoms with Crippen LogP contribution in [-0.2, 0) is 0 Å². The number of aryl methyl sites for hydroxylation is 1. The van der Waals surface area contributed by atoms with Gasteiger partial charge >= 0.3 is 0 Å². The van der Waals surface area contributed by atoms with Gasteiger partial charge in [0.2, 0.25) is 6.79 Å². The van der Waals surface area contributed by atoms with Crippen molar-refractivity contribution in [2.24, 2.45) is 0 Å². The lowest BCUT2D eigenvalue weighted by Gasteiger charge is -2.04. The van der Waals surface area contributed by atoms with Crippen LogP contribution in [0.5, 0.6) is 11.5 Å². The summed E-state index contributed by atoms with van der Waals surface area (Å²) < 4.78 is 11.0. The number of benzene rings is 2. The fraction of sp³-hybridized carbons (Fsp3) is 0.0870. The molecular weight excluding hydrogens is 364 g/mol. The maximum absolute atomic E-state index is 9.04. The molecule has 0 aliphatic carbocycles. The molecule has 1 aliphatic heterocycles. The van der Waals surface area contributed by atoms with Gasteiger partial charge in [-0.1, -0.05) is 6.07 Å². The van der Waals surface area contributed by atoms with Crippen molar-refractivity contribution in [1.29, 1.82) is 5.26 Å². The second kappa shape index (κ2) is 6.80. The first kappa shape index (κ1) is 17.0. The van der Waals surface area contributed by atoms with E-state index in [0.29, 0.717) is 17.1 Å². The van der Waals surface area contributed by atoms with E-state index in [2.05, 4.69) is 16.0 Å². The number of H-pyrrole nitrogens is 1. The smallest absolute Gasteiger partial charge is 0.231 e. The van der Waals surface area contributed by atoms with E-state index in [1.54, 1.807) is 12.1 Å². The summed E-state index contributed by atoms with van der Waals surface area (Å²) in [5.41, 5.74) is 5.75. The Balaban J connectivity index is 1.67. The fourth-order valence-corrected chi connectivity index (χ4v) is 3.33. The zero-order valence-corrected chi connectivity index (χ0v) is 15.6. The molecule has 0 atom stereocenters. The molecule has 1 N–H and O–H groups in total. The Kier molecular flexibility index (Phi) is 3.99. The highest BCUT2D eigenvalue weighted by atomic mass is 16.7. The molecule has 6 nitrogen and oxygen atoms in total. The van der Waals surface area contributed by atoms with Crippen LogP contribution in [0.2, 0.25) is 0 Å². The third-order valence-corrected chi connectivity index (χ3v) is 4.78. The predicted molar refractivity (Wildman–Crippen MR) is 108 cm³/mol. The number of nitrogens with zero attached hydrogens (tertiary/aromatic N) is 3. The topological polar surface area (TPSA) is 83.8 Å². The minimum atomic E-state index is 0.224. The molecule has 6 heteroatoms. The third kappa shape index (κ3) is 3.09. The van der Waals surface area contributed by atoms with Crippen molar-refractivity contribution in [3.8, 4) is 51.6 Å². The van der Waals surface area contributed by atoms with Crippen molar-refractivity contribution in [3.05, 3.63) is 71.9 Å². The quantitative estimate of drug-likeness (QED) is 0.556. The number of aromatic amines is 1. The van der Waals surface area contributed by atoms with Gasteiger partial charge in [-0.15, -0.1) is 0 Å². The van der Waals surface area contributed by atoms with Gasteiger partial charge in [0.15, 0.2) is 11.5 Å². The average Bonchev–Trinajstić information content (AvgIpc) is 3.40. The lowest BCUT2D eigenvalue weighted by Crippen LogP contribution is -1.92. The van der Waals surface area contributed by atoms with Gasteiger partial charge in [-0.05, 0) is 61.5 Å². The molecule has 0 amide bonds. The van der Waals surface area contributed by atoms with E-state index in [0.717, 1.165) is 39.7 Å². The van der Waals surface area contributed by atoms with Crippen LogP contribution in [0.15, 0.2) is 60.7 Å². The van der Waals surface area contributed by atoms with Crippen LogP contribution in [0.25, 0.3) is 34.0 Å². The largest absolute Gasteiger partial charge is 0.454 e. The highest BCUT2D eigenvalue weighted by Gasteiger charge is 2.20. The van der Waals surface area contributed by atoms with Crippen LogP contribution >= 0.6 is 0 Å². The van der Waals surface area contributed by atoms with Crippen molar-refractivity contribution in [1.82, 2.24) is 15.0 Å². The normalized spacial score (nSPS) is 12.0. The van der Waals surface area contributed by atoms with Crippen molar-refractivity contribution in [2.45, 2.75) is 6.92 Å². The number of nitriles is 1. The molecule has 2 aromatic heterocycles. The Hall–Kier alpha value is -4.11. The molecule has 140 valence electrons. The molecule has 0 bridgehead atoms. The lowest BCUT2D eigenvalue weighted by molar-refractivity contribution is 0.174. The summed E-state index contributed by atoms with van der Waals surface area (Å²) in [5, 5.41) is 9.04. The third-order valence-electron chi connectivity index (χ3n) is 4.78. The minimum Gasteiger partial charge on any atom is -0.454 e. The molecule has 0 unspecified atom stereocenters. The maximum Gasteiger partial charge on any atom is 0.231 e. The number of fused-ring (bicyclic) bond motifs is 1. The predicted octanol–water partition coefficient (Wildman–Crippen LogP) is 4.71. The van der Waals surface area contributed by atoms with Crippen LogP contribution in [0, 0.1) is 18.3 Å². The second-order valence-electron chi connectivity index (χ2n) is 6.73. The Labute approximate surface area is 167 Å². The minimum absolute atomic E-state index is 0.224. The van der Waals surface area contributed by atoms with E-state index in [-0.39, 0.29) is 6.79 Å². The highest BCUT2D eigenvalue weighted by molar-refractivity contribution is 5.81. The number of aromatic nitrogens is 3. The van der Waals surface area contributed by atoms with Crippen LogP contribution in [0.3, 0.4) is 0 Å². The highest BCUT2D eigenvalue weighted by Crippen LogP contribution is 2.39. The first-order chi connectivity index (χ1) is 14.2. The number of pyridine rings is 1. The number of rotatable bonds is 3. The van der Waals surface area contributed by atoms with Crippen LogP contribution in [0.1, 0.15) is 11.3 Å². The zero-order chi connectivity index (χ0) is 19.8. The molecule has 2 aromatic carbocycles. The first-order valence-corrected chi connectivity index (χ1v) is 9.16. The van der Waals surface area contributed by atoms with Crippen molar-refractivity contribution in [2.75, 3.05) is 6.79 Å². The SMILES string of the molecule is Cc1cccc(-c2[nH]c(-c3ccc(C#N)cc3)nc2-c2ccc3c(c2)OCO3)n1. The Bertz CT molecular complexity index is 1250. The van der Waals surface area contributed by atoms with E-state index in [4.69, 9.17) is 19.7 Å². The van der Waals surface area contributed by atoms with Crippen molar-refractivity contribution < 1.29 is 9.47 Å². The number of nitrogens with one attached hydrogen (secondary N) is 1. The Morgan fingerprint density at radius 1 is 0.931 bits per heavy atom. The van der Waals surface area contributed by atoms with Gasteiger partial charge in [0.1, 0.15) is 5.82 Å². The fourth-order valence-electron chi connectivity index (χ4n) is 3.33. The summed E-state index contributed by atoms with van der Waals surface area (Å²) in [7, 11) is 0. The van der Waals surface area contributed by atoms with Gasteiger partial charge < -0.3 is 14.5 Å². The molecular formula is C23H16N4O2. The summed E-state index contributed by atoms with van der Waals surface area (Å²) in [6.07, 6.45) is 0. The van der Waals surface area contributed by atoms with Gasteiger partial charge in [-0.25, -0.2) is 4.98 Å². The van der Waals surface area contributed by atoms with Gasteiger partial charge in [-0.2, -0.15) is 5.26 Å². The lowest BCUT2D eigenvalue weighted by atomic mass is 10.1. The zero-order valence-electron chi connectivity index (χ0n) is 15.6. The van der Waals surface area contributed by atoms with Crippen molar-refractivity contribution in [3.63, 3.8) is 0 Å². The van der Waals surface area contributed by atoms with Crippen LogP contribution in [-0.4, -0.2) is 21.7 Å². The maximum atomic E-state index is 9.04. The summed E-state index contributed by atoms with van der Waals surface area (Å²) in [5.74, 6) is 2.14. The summed E-state index contributed by atoms with van der Waals surface area (Å²) >= 11 is 0. The Morgan fingerprint density at radius 3 is 2.52 bits per heavy atom. The molecule has 29 heavy (non-hydrogen) atoms. The first-order valence-electron chi connectivity index (χ1n) is 9.16. The Morgan fingerprint density at radius 2 is 1.72 bits per heavy atom. The molecule has 3 heterocycles. The molecule has 0 saturated carbocycles. The van der Waals surface area contributed by atoms with Crippen molar-refractivity contribution >= 4 is 0 Å².